The maximum atomic E-state index is 6.07. The van der Waals surface area contributed by atoms with Gasteiger partial charge in [-0.1, -0.05) is 37.3 Å². The molecule has 2 aromatic rings. The molecule has 3 nitrogen and oxygen atoms in total. The highest BCUT2D eigenvalue weighted by atomic mass is 32.1. The van der Waals surface area contributed by atoms with Crippen LogP contribution < -0.4 is 15.4 Å². The Morgan fingerprint density at radius 2 is 1.88 bits per heavy atom. The Hall–Kier alpha value is -2.07. The van der Waals surface area contributed by atoms with Crippen molar-refractivity contribution < 1.29 is 4.74 Å². The molecular formula is C20H24N2OS. The number of nitrogens with one attached hydrogen (secondary N) is 2. The second kappa shape index (κ2) is 6.81. The van der Waals surface area contributed by atoms with E-state index in [0.29, 0.717) is 5.11 Å². The van der Waals surface area contributed by atoms with Gasteiger partial charge in [0.2, 0.25) is 0 Å². The summed E-state index contributed by atoms with van der Waals surface area (Å²) < 4.78 is 6.07. The third kappa shape index (κ3) is 3.88. The molecule has 2 N–H and O–H groups in total. The molecule has 0 aliphatic carbocycles. The topological polar surface area (TPSA) is 33.3 Å². The van der Waals surface area contributed by atoms with Crippen molar-refractivity contribution in [1.29, 1.82) is 0 Å². The fourth-order valence-corrected chi connectivity index (χ4v) is 3.34. The summed E-state index contributed by atoms with van der Waals surface area (Å²) in [6, 6.07) is 16.7. The number of para-hydroxylation sites is 1. The minimum Gasteiger partial charge on any atom is -0.487 e. The van der Waals surface area contributed by atoms with E-state index in [1.165, 1.54) is 5.56 Å². The molecule has 4 heteroatoms. The number of benzene rings is 2. The highest BCUT2D eigenvalue weighted by Crippen LogP contribution is 2.39. The quantitative estimate of drug-likeness (QED) is 0.784. The zero-order valence-corrected chi connectivity index (χ0v) is 15.2. The number of rotatable bonds is 3. The molecule has 1 aliphatic heterocycles. The maximum absolute atomic E-state index is 6.07. The van der Waals surface area contributed by atoms with Crippen LogP contribution in [0.4, 0.5) is 5.69 Å². The molecule has 0 spiro atoms. The fourth-order valence-electron chi connectivity index (χ4n) is 3.08. The lowest BCUT2D eigenvalue weighted by Gasteiger charge is -2.38. The van der Waals surface area contributed by atoms with E-state index in [2.05, 4.69) is 61.7 Å². The molecule has 1 atom stereocenters. The number of anilines is 1. The first kappa shape index (κ1) is 16.8. The molecule has 3 rings (SSSR count). The molecule has 0 bridgehead atoms. The van der Waals surface area contributed by atoms with Gasteiger partial charge in [0, 0.05) is 17.7 Å². The minimum absolute atomic E-state index is 0.139. The van der Waals surface area contributed by atoms with Gasteiger partial charge < -0.3 is 15.4 Å². The molecule has 1 heterocycles. The van der Waals surface area contributed by atoms with Crippen molar-refractivity contribution in [2.45, 2.75) is 45.3 Å². The van der Waals surface area contributed by atoms with Crippen LogP contribution in [0.25, 0.3) is 0 Å². The maximum Gasteiger partial charge on any atom is 0.171 e. The van der Waals surface area contributed by atoms with Crippen molar-refractivity contribution in [1.82, 2.24) is 5.32 Å². The van der Waals surface area contributed by atoms with Gasteiger partial charge in [-0.25, -0.2) is 0 Å². The van der Waals surface area contributed by atoms with Gasteiger partial charge in [0.15, 0.2) is 5.11 Å². The number of ether oxygens (including phenoxy) is 1. The Morgan fingerprint density at radius 1 is 1.17 bits per heavy atom. The third-order valence-corrected chi connectivity index (χ3v) is 4.52. The first-order valence-corrected chi connectivity index (χ1v) is 8.82. The highest BCUT2D eigenvalue weighted by Gasteiger charge is 2.33. The number of fused-ring (bicyclic) bond motifs is 1. The lowest BCUT2D eigenvalue weighted by atomic mass is 9.90. The zero-order valence-electron chi connectivity index (χ0n) is 14.4. The summed E-state index contributed by atoms with van der Waals surface area (Å²) in [4.78, 5) is 0. The van der Waals surface area contributed by atoms with Crippen LogP contribution >= 0.6 is 12.2 Å². The SMILES string of the molecule is CCc1ccc(NC(=S)NC2CC(C)(C)Oc3ccccc32)cc1. The lowest BCUT2D eigenvalue weighted by molar-refractivity contribution is 0.0697. The van der Waals surface area contributed by atoms with E-state index in [4.69, 9.17) is 17.0 Å². The normalized spacial score (nSPS) is 18.2. The molecular weight excluding hydrogens is 316 g/mol. The number of aryl methyl sites for hydroxylation is 1. The summed E-state index contributed by atoms with van der Waals surface area (Å²) in [6.45, 7) is 6.37. The summed E-state index contributed by atoms with van der Waals surface area (Å²) in [5.74, 6) is 0.932. The summed E-state index contributed by atoms with van der Waals surface area (Å²) in [5, 5.41) is 7.36. The van der Waals surface area contributed by atoms with Gasteiger partial charge in [-0.2, -0.15) is 0 Å². The number of thiocarbonyl (C=S) groups is 1. The van der Waals surface area contributed by atoms with Crippen molar-refractivity contribution in [3.63, 3.8) is 0 Å². The second-order valence-electron chi connectivity index (χ2n) is 6.81. The molecule has 1 aliphatic rings. The zero-order chi connectivity index (χ0) is 17.2. The molecule has 0 saturated carbocycles. The first-order valence-electron chi connectivity index (χ1n) is 8.41. The average Bonchev–Trinajstić information content (AvgIpc) is 2.54. The highest BCUT2D eigenvalue weighted by molar-refractivity contribution is 7.80. The predicted octanol–water partition coefficient (Wildman–Crippen LogP) is 4.84. The van der Waals surface area contributed by atoms with E-state index < -0.39 is 0 Å². The molecule has 2 aromatic carbocycles. The van der Waals surface area contributed by atoms with Crippen LogP contribution in [0.3, 0.4) is 0 Å². The summed E-state index contributed by atoms with van der Waals surface area (Å²) in [7, 11) is 0. The van der Waals surface area contributed by atoms with Crippen LogP contribution in [0, 0.1) is 0 Å². The van der Waals surface area contributed by atoms with Gasteiger partial charge in [-0.05, 0) is 56.2 Å². The van der Waals surface area contributed by atoms with Gasteiger partial charge in [0.25, 0.3) is 0 Å². The standard InChI is InChI=1S/C20H24N2OS/c1-4-14-9-11-15(12-10-14)21-19(24)22-17-13-20(2,3)23-18-8-6-5-7-16(17)18/h5-12,17H,4,13H2,1-3H3,(H2,21,22,24). The smallest absolute Gasteiger partial charge is 0.171 e. The summed E-state index contributed by atoms with van der Waals surface area (Å²) in [6.07, 6.45) is 1.90. The van der Waals surface area contributed by atoms with Gasteiger partial charge in [-0.15, -0.1) is 0 Å². The molecule has 0 radical (unpaired) electrons. The monoisotopic (exact) mass is 340 g/mol. The van der Waals surface area contributed by atoms with Crippen molar-refractivity contribution in [3.8, 4) is 5.75 Å². The van der Waals surface area contributed by atoms with Crippen LogP contribution in [0.1, 0.15) is 44.4 Å². The summed E-state index contributed by atoms with van der Waals surface area (Å²) >= 11 is 5.52. The minimum atomic E-state index is -0.218. The van der Waals surface area contributed by atoms with E-state index in [-0.39, 0.29) is 11.6 Å². The Labute approximate surface area is 149 Å². The molecule has 0 amide bonds. The van der Waals surface area contributed by atoms with Crippen molar-refractivity contribution >= 4 is 23.0 Å². The van der Waals surface area contributed by atoms with E-state index in [0.717, 1.165) is 29.8 Å². The second-order valence-corrected chi connectivity index (χ2v) is 7.21. The summed E-state index contributed by atoms with van der Waals surface area (Å²) in [5.41, 5.74) is 3.26. The largest absolute Gasteiger partial charge is 0.487 e. The Morgan fingerprint density at radius 3 is 2.58 bits per heavy atom. The Balaban J connectivity index is 1.71. The number of hydrogen-bond acceptors (Lipinski definition) is 2. The molecule has 0 aromatic heterocycles. The fraction of sp³-hybridized carbons (Fsp3) is 0.350. The average molecular weight is 340 g/mol. The van der Waals surface area contributed by atoms with E-state index in [1.54, 1.807) is 0 Å². The van der Waals surface area contributed by atoms with Crippen molar-refractivity contribution in [2.24, 2.45) is 0 Å². The van der Waals surface area contributed by atoms with Gasteiger partial charge >= 0.3 is 0 Å². The van der Waals surface area contributed by atoms with Gasteiger partial charge in [0.05, 0.1) is 6.04 Å². The lowest BCUT2D eigenvalue weighted by Crippen LogP contribution is -2.42. The Kier molecular flexibility index (Phi) is 4.76. The van der Waals surface area contributed by atoms with E-state index in [9.17, 15) is 0 Å². The molecule has 0 fully saturated rings. The molecule has 126 valence electrons. The first-order chi connectivity index (χ1) is 11.5. The van der Waals surface area contributed by atoms with Crippen molar-refractivity contribution in [3.05, 3.63) is 59.7 Å². The number of hydrogen-bond donors (Lipinski definition) is 2. The van der Waals surface area contributed by atoms with Crippen LogP contribution in [-0.2, 0) is 6.42 Å². The van der Waals surface area contributed by atoms with Crippen LogP contribution in [0.5, 0.6) is 5.75 Å². The van der Waals surface area contributed by atoms with Crippen LogP contribution in [0.2, 0.25) is 0 Å². The molecule has 0 saturated heterocycles. The van der Waals surface area contributed by atoms with Crippen molar-refractivity contribution in [2.75, 3.05) is 5.32 Å². The third-order valence-electron chi connectivity index (χ3n) is 4.30. The Bertz CT molecular complexity index is 725. The molecule has 1 unspecified atom stereocenters. The van der Waals surface area contributed by atoms with Gasteiger partial charge in [0.1, 0.15) is 11.4 Å². The van der Waals surface area contributed by atoms with Gasteiger partial charge in [-0.3, -0.25) is 0 Å². The van der Waals surface area contributed by atoms with Crippen LogP contribution in [0.15, 0.2) is 48.5 Å². The predicted molar refractivity (Wildman–Crippen MR) is 104 cm³/mol. The van der Waals surface area contributed by atoms with Crippen LogP contribution in [-0.4, -0.2) is 10.7 Å². The van der Waals surface area contributed by atoms with E-state index in [1.807, 2.05) is 18.2 Å². The van der Waals surface area contributed by atoms with E-state index >= 15 is 0 Å². The molecule has 24 heavy (non-hydrogen) atoms.